The summed E-state index contributed by atoms with van der Waals surface area (Å²) in [6, 6.07) is 7.77. The maximum atomic E-state index is 12.4. The topological polar surface area (TPSA) is 68.8 Å². The number of benzene rings is 1. The van der Waals surface area contributed by atoms with Gasteiger partial charge in [0.1, 0.15) is 0 Å². The Balaban J connectivity index is 0.00000392. The fourth-order valence-electron chi connectivity index (χ4n) is 3.18. The SMILES string of the molecule is CN=C(NCCc1cccc(C(=O)NC)c1)NC1CCN(CC(F)F)CC1.I. The van der Waals surface area contributed by atoms with Crippen LogP contribution in [0.4, 0.5) is 8.78 Å². The first kappa shape index (κ1) is 24.5. The number of piperidine rings is 1. The summed E-state index contributed by atoms with van der Waals surface area (Å²) in [5.41, 5.74) is 1.72. The van der Waals surface area contributed by atoms with Gasteiger partial charge in [-0.25, -0.2) is 8.78 Å². The predicted octanol–water partition coefficient (Wildman–Crippen LogP) is 2.10. The lowest BCUT2D eigenvalue weighted by molar-refractivity contribution is 0.0744. The first-order valence-electron chi connectivity index (χ1n) is 9.30. The highest BCUT2D eigenvalue weighted by atomic mass is 127. The van der Waals surface area contributed by atoms with E-state index in [4.69, 9.17) is 0 Å². The Morgan fingerprint density at radius 3 is 2.64 bits per heavy atom. The lowest BCUT2D eigenvalue weighted by Crippen LogP contribution is -2.49. The average molecular weight is 509 g/mol. The highest BCUT2D eigenvalue weighted by molar-refractivity contribution is 14.0. The molecule has 0 aromatic heterocycles. The summed E-state index contributed by atoms with van der Waals surface area (Å²) >= 11 is 0. The van der Waals surface area contributed by atoms with E-state index in [0.717, 1.165) is 24.8 Å². The Kier molecular flexibility index (Phi) is 11.3. The second-order valence-electron chi connectivity index (χ2n) is 6.64. The monoisotopic (exact) mass is 509 g/mol. The Hall–Kier alpha value is -1.49. The van der Waals surface area contributed by atoms with E-state index >= 15 is 0 Å². The number of alkyl halides is 2. The van der Waals surface area contributed by atoms with Gasteiger partial charge in [0, 0.05) is 45.3 Å². The van der Waals surface area contributed by atoms with E-state index in [2.05, 4.69) is 20.9 Å². The molecular formula is C19H30F2IN5O. The molecule has 0 unspecified atom stereocenters. The van der Waals surface area contributed by atoms with Gasteiger partial charge in [0.15, 0.2) is 5.96 Å². The summed E-state index contributed by atoms with van der Waals surface area (Å²) in [4.78, 5) is 17.7. The summed E-state index contributed by atoms with van der Waals surface area (Å²) in [5.74, 6) is 0.616. The van der Waals surface area contributed by atoms with Crippen LogP contribution in [0.1, 0.15) is 28.8 Å². The fourth-order valence-corrected chi connectivity index (χ4v) is 3.18. The summed E-state index contributed by atoms with van der Waals surface area (Å²) in [6.45, 7) is 1.88. The number of halogens is 3. The van der Waals surface area contributed by atoms with E-state index in [1.807, 2.05) is 18.2 Å². The van der Waals surface area contributed by atoms with Crippen LogP contribution < -0.4 is 16.0 Å². The van der Waals surface area contributed by atoms with Crippen LogP contribution in [-0.2, 0) is 6.42 Å². The van der Waals surface area contributed by atoms with E-state index in [1.54, 1.807) is 25.1 Å². The maximum Gasteiger partial charge on any atom is 0.251 e. The fraction of sp³-hybridized carbons (Fsp3) is 0.579. The molecule has 6 nitrogen and oxygen atoms in total. The van der Waals surface area contributed by atoms with Crippen molar-refractivity contribution in [2.75, 3.05) is 40.3 Å². The maximum absolute atomic E-state index is 12.4. The molecule has 0 radical (unpaired) electrons. The van der Waals surface area contributed by atoms with Crippen molar-refractivity contribution in [3.05, 3.63) is 35.4 Å². The van der Waals surface area contributed by atoms with E-state index in [-0.39, 0.29) is 42.5 Å². The van der Waals surface area contributed by atoms with Gasteiger partial charge in [-0.1, -0.05) is 12.1 Å². The number of hydrogen-bond donors (Lipinski definition) is 3. The number of guanidine groups is 1. The Labute approximate surface area is 182 Å². The van der Waals surface area contributed by atoms with Gasteiger partial charge in [0.25, 0.3) is 12.3 Å². The standard InChI is InChI=1S/C19H29F2N5O.HI/c1-22-18(27)15-5-3-4-14(12-15)6-9-24-19(23-2)25-16-7-10-26(11-8-16)13-17(20)21;/h3-5,12,16-17H,6-11,13H2,1-2H3,(H,22,27)(H2,23,24,25);1H. The van der Waals surface area contributed by atoms with Crippen LogP contribution in [0, 0.1) is 0 Å². The largest absolute Gasteiger partial charge is 0.356 e. The van der Waals surface area contributed by atoms with Crippen LogP contribution in [0.2, 0.25) is 0 Å². The van der Waals surface area contributed by atoms with Crippen LogP contribution >= 0.6 is 24.0 Å². The molecule has 0 bridgehead atoms. The zero-order valence-corrected chi connectivity index (χ0v) is 18.7. The molecule has 2 rings (SSSR count). The van der Waals surface area contributed by atoms with Crippen LogP contribution in [0.3, 0.4) is 0 Å². The highest BCUT2D eigenvalue weighted by Crippen LogP contribution is 2.12. The van der Waals surface area contributed by atoms with E-state index in [1.165, 1.54) is 0 Å². The van der Waals surface area contributed by atoms with Crippen molar-refractivity contribution in [2.45, 2.75) is 31.7 Å². The van der Waals surface area contributed by atoms with Crippen LogP contribution in [0.15, 0.2) is 29.3 Å². The Morgan fingerprint density at radius 1 is 1.32 bits per heavy atom. The Morgan fingerprint density at radius 2 is 2.04 bits per heavy atom. The number of aliphatic imine (C=N–C) groups is 1. The van der Waals surface area contributed by atoms with Gasteiger partial charge in [0.2, 0.25) is 0 Å². The molecule has 1 aromatic carbocycles. The van der Waals surface area contributed by atoms with Gasteiger partial charge < -0.3 is 16.0 Å². The van der Waals surface area contributed by atoms with Crippen molar-refractivity contribution < 1.29 is 13.6 Å². The third kappa shape index (κ3) is 8.26. The minimum atomic E-state index is -2.27. The molecule has 3 N–H and O–H groups in total. The number of rotatable bonds is 7. The number of amides is 1. The second-order valence-corrected chi connectivity index (χ2v) is 6.64. The van der Waals surface area contributed by atoms with Crippen molar-refractivity contribution in [1.29, 1.82) is 0 Å². The summed E-state index contributed by atoms with van der Waals surface area (Å²) in [5, 5.41) is 9.26. The lowest BCUT2D eigenvalue weighted by atomic mass is 10.1. The molecule has 1 fully saturated rings. The van der Waals surface area contributed by atoms with Gasteiger partial charge in [-0.2, -0.15) is 0 Å². The molecular weight excluding hydrogens is 479 g/mol. The number of likely N-dealkylation sites (tertiary alicyclic amines) is 1. The van der Waals surface area contributed by atoms with Crippen molar-refractivity contribution in [1.82, 2.24) is 20.9 Å². The summed E-state index contributed by atoms with van der Waals surface area (Å²) in [7, 11) is 3.33. The number of nitrogens with zero attached hydrogens (tertiary/aromatic N) is 2. The normalized spacial score (nSPS) is 15.8. The number of hydrogen-bond acceptors (Lipinski definition) is 3. The van der Waals surface area contributed by atoms with Crippen molar-refractivity contribution >= 4 is 35.8 Å². The molecule has 1 amide bonds. The van der Waals surface area contributed by atoms with Gasteiger partial charge in [-0.3, -0.25) is 14.7 Å². The number of carbonyl (C=O) groups is 1. The number of nitrogens with one attached hydrogen (secondary N) is 3. The van der Waals surface area contributed by atoms with Gasteiger partial charge in [0.05, 0.1) is 6.54 Å². The lowest BCUT2D eigenvalue weighted by Gasteiger charge is -2.32. The molecule has 0 spiro atoms. The van der Waals surface area contributed by atoms with Crippen LogP contribution in [0.5, 0.6) is 0 Å². The van der Waals surface area contributed by atoms with Crippen LogP contribution in [-0.4, -0.2) is 69.5 Å². The van der Waals surface area contributed by atoms with Gasteiger partial charge >= 0.3 is 0 Å². The molecule has 1 aromatic rings. The van der Waals surface area contributed by atoms with Crippen LogP contribution in [0.25, 0.3) is 0 Å². The molecule has 1 aliphatic rings. The van der Waals surface area contributed by atoms with E-state index < -0.39 is 6.43 Å². The summed E-state index contributed by atoms with van der Waals surface area (Å²) in [6.07, 6.45) is 0.132. The zero-order valence-electron chi connectivity index (χ0n) is 16.4. The molecule has 1 aliphatic heterocycles. The smallest absolute Gasteiger partial charge is 0.251 e. The van der Waals surface area contributed by atoms with Crippen molar-refractivity contribution in [2.24, 2.45) is 4.99 Å². The quantitative estimate of drug-likeness (QED) is 0.299. The second kappa shape index (κ2) is 12.9. The molecule has 158 valence electrons. The third-order valence-corrected chi connectivity index (χ3v) is 4.67. The number of carbonyl (C=O) groups excluding carboxylic acids is 1. The third-order valence-electron chi connectivity index (χ3n) is 4.67. The Bertz CT molecular complexity index is 637. The molecule has 28 heavy (non-hydrogen) atoms. The minimum absolute atomic E-state index is 0. The van der Waals surface area contributed by atoms with Gasteiger partial charge in [-0.15, -0.1) is 24.0 Å². The molecule has 1 saturated heterocycles. The summed E-state index contributed by atoms with van der Waals surface area (Å²) < 4.78 is 24.9. The molecule has 0 aliphatic carbocycles. The molecule has 1 heterocycles. The zero-order chi connectivity index (χ0) is 19.6. The van der Waals surface area contributed by atoms with E-state index in [0.29, 0.717) is 31.2 Å². The molecule has 0 atom stereocenters. The predicted molar refractivity (Wildman–Crippen MR) is 119 cm³/mol. The molecule has 9 heteroatoms. The first-order chi connectivity index (χ1) is 13.0. The first-order valence-corrected chi connectivity index (χ1v) is 9.30. The van der Waals surface area contributed by atoms with Gasteiger partial charge in [-0.05, 0) is 37.0 Å². The van der Waals surface area contributed by atoms with Crippen molar-refractivity contribution in [3.8, 4) is 0 Å². The van der Waals surface area contributed by atoms with Crippen molar-refractivity contribution in [3.63, 3.8) is 0 Å². The molecule has 0 saturated carbocycles. The minimum Gasteiger partial charge on any atom is -0.356 e. The average Bonchev–Trinajstić information content (AvgIpc) is 2.67. The van der Waals surface area contributed by atoms with E-state index in [9.17, 15) is 13.6 Å². The highest BCUT2D eigenvalue weighted by Gasteiger charge is 2.21.